The second-order valence-electron chi connectivity index (χ2n) is 6.32. The Morgan fingerprint density at radius 1 is 1.10 bits per heavy atom. The van der Waals surface area contributed by atoms with E-state index in [2.05, 4.69) is 0 Å². The van der Waals surface area contributed by atoms with Gasteiger partial charge in [-0.25, -0.2) is 4.39 Å². The fraction of sp³-hybridized carbons (Fsp3) is 0.500. The molecule has 3 nitrogen and oxygen atoms in total. The molecule has 1 saturated heterocycles. The van der Waals surface area contributed by atoms with Crippen LogP contribution in [-0.2, 0) is 9.31 Å². The summed E-state index contributed by atoms with van der Waals surface area (Å²) in [6, 6.07) is 6.48. The van der Waals surface area contributed by atoms with Crippen LogP contribution >= 0.6 is 0 Å². The molecule has 2 rings (SSSR count). The summed E-state index contributed by atoms with van der Waals surface area (Å²) in [5.74, 6) is 0.158. The lowest BCUT2D eigenvalue weighted by molar-refractivity contribution is 0.00578. The molecule has 1 aromatic rings. The van der Waals surface area contributed by atoms with Gasteiger partial charge in [0.2, 0.25) is 0 Å². The van der Waals surface area contributed by atoms with Crippen molar-refractivity contribution in [1.82, 2.24) is 0 Å². The Bertz CT molecular complexity index is 533. The van der Waals surface area contributed by atoms with Gasteiger partial charge < -0.3 is 14.4 Å². The van der Waals surface area contributed by atoms with E-state index in [4.69, 9.17) is 9.31 Å². The smallest absolute Gasteiger partial charge is 0.508 e. The van der Waals surface area contributed by atoms with Crippen LogP contribution in [0, 0.1) is 0 Å². The van der Waals surface area contributed by atoms with Gasteiger partial charge in [0, 0.05) is 0 Å². The number of allylic oxidation sites excluding steroid dienone is 1. The van der Waals surface area contributed by atoms with Crippen LogP contribution in [-0.4, -0.2) is 23.4 Å². The Labute approximate surface area is 125 Å². The SMILES string of the molecule is CCC(=C(F)B1OC(C)(C)C(C)(C)O1)c1ccc(O)cc1. The third-order valence-electron chi connectivity index (χ3n) is 4.32. The molecule has 114 valence electrons. The molecular formula is C16H22BFO3. The molecule has 1 heterocycles. The molecule has 0 bridgehead atoms. The standard InChI is InChI=1S/C16H22BFO3/c1-6-13(11-7-9-12(19)10-8-11)14(18)17-20-15(2,3)16(4,5)21-17/h7-10,19H,6H2,1-5H3. The van der Waals surface area contributed by atoms with Crippen LogP contribution in [0.4, 0.5) is 4.39 Å². The minimum absolute atomic E-state index is 0.158. The van der Waals surface area contributed by atoms with Crippen LogP contribution in [0.1, 0.15) is 46.6 Å². The van der Waals surface area contributed by atoms with Crippen LogP contribution in [0.5, 0.6) is 5.75 Å². The van der Waals surface area contributed by atoms with Crippen molar-refractivity contribution in [2.24, 2.45) is 0 Å². The lowest BCUT2D eigenvalue weighted by Crippen LogP contribution is -2.41. The number of hydrogen-bond donors (Lipinski definition) is 1. The summed E-state index contributed by atoms with van der Waals surface area (Å²) < 4.78 is 26.3. The molecule has 1 fully saturated rings. The maximum absolute atomic E-state index is 14.8. The van der Waals surface area contributed by atoms with E-state index >= 15 is 0 Å². The first-order chi connectivity index (χ1) is 9.68. The third kappa shape index (κ3) is 2.99. The summed E-state index contributed by atoms with van der Waals surface area (Å²) in [7, 11) is -0.987. The van der Waals surface area contributed by atoms with Crippen molar-refractivity contribution >= 4 is 12.7 Å². The van der Waals surface area contributed by atoms with Crippen LogP contribution in [0.15, 0.2) is 30.0 Å². The highest BCUT2D eigenvalue weighted by Crippen LogP contribution is 2.40. The lowest BCUT2D eigenvalue weighted by Gasteiger charge is -2.32. The molecule has 0 aromatic heterocycles. The highest BCUT2D eigenvalue weighted by atomic mass is 19.1. The number of phenolic OH excluding ortho intramolecular Hbond substituents is 1. The van der Waals surface area contributed by atoms with Gasteiger partial charge in [0.25, 0.3) is 0 Å². The van der Waals surface area contributed by atoms with Gasteiger partial charge in [-0.15, -0.1) is 0 Å². The first-order valence-electron chi connectivity index (χ1n) is 7.21. The zero-order chi connectivity index (χ0) is 15.8. The molecule has 5 heteroatoms. The first kappa shape index (κ1) is 16.1. The summed E-state index contributed by atoms with van der Waals surface area (Å²) in [6.07, 6.45) is 0.515. The predicted molar refractivity (Wildman–Crippen MR) is 82.5 cm³/mol. The second-order valence-corrected chi connectivity index (χ2v) is 6.32. The molecule has 0 unspecified atom stereocenters. The number of phenols is 1. The Morgan fingerprint density at radius 3 is 2.00 bits per heavy atom. The Hall–Kier alpha value is -1.33. The average Bonchev–Trinajstić information content (AvgIpc) is 2.61. The normalized spacial score (nSPS) is 21.3. The van der Waals surface area contributed by atoms with Gasteiger partial charge in [-0.1, -0.05) is 19.1 Å². The Kier molecular flexibility index (Phi) is 4.18. The molecule has 0 aliphatic carbocycles. The van der Waals surface area contributed by atoms with Crippen molar-refractivity contribution in [3.63, 3.8) is 0 Å². The van der Waals surface area contributed by atoms with Crippen molar-refractivity contribution in [2.75, 3.05) is 0 Å². The molecule has 0 atom stereocenters. The van der Waals surface area contributed by atoms with Crippen molar-refractivity contribution in [2.45, 2.75) is 52.2 Å². The third-order valence-corrected chi connectivity index (χ3v) is 4.32. The van der Waals surface area contributed by atoms with E-state index < -0.39 is 24.0 Å². The van der Waals surface area contributed by atoms with E-state index in [9.17, 15) is 9.50 Å². The summed E-state index contributed by atoms with van der Waals surface area (Å²) in [6.45, 7) is 9.46. The molecular weight excluding hydrogens is 270 g/mol. The van der Waals surface area contributed by atoms with E-state index in [1.807, 2.05) is 34.6 Å². The molecule has 1 aromatic carbocycles. The van der Waals surface area contributed by atoms with Gasteiger partial charge in [-0.05, 0) is 57.4 Å². The minimum atomic E-state index is -0.987. The zero-order valence-corrected chi connectivity index (χ0v) is 13.2. The summed E-state index contributed by atoms with van der Waals surface area (Å²) >= 11 is 0. The number of halogens is 1. The van der Waals surface area contributed by atoms with Crippen LogP contribution < -0.4 is 0 Å². The van der Waals surface area contributed by atoms with Crippen LogP contribution in [0.25, 0.3) is 5.57 Å². The monoisotopic (exact) mass is 292 g/mol. The van der Waals surface area contributed by atoms with Crippen molar-refractivity contribution in [1.29, 1.82) is 0 Å². The summed E-state index contributed by atoms with van der Waals surface area (Å²) in [5.41, 5.74) is -0.274. The zero-order valence-electron chi connectivity index (χ0n) is 13.2. The Morgan fingerprint density at radius 2 is 1.57 bits per heavy atom. The maximum Gasteiger partial charge on any atom is 0.525 e. The minimum Gasteiger partial charge on any atom is -0.508 e. The van der Waals surface area contributed by atoms with E-state index in [1.54, 1.807) is 24.3 Å². The molecule has 0 amide bonds. The van der Waals surface area contributed by atoms with Crippen molar-refractivity contribution < 1.29 is 18.8 Å². The van der Waals surface area contributed by atoms with Gasteiger partial charge in [0.05, 0.1) is 11.2 Å². The molecule has 1 aliphatic rings. The average molecular weight is 292 g/mol. The van der Waals surface area contributed by atoms with Crippen molar-refractivity contribution in [3.05, 3.63) is 35.6 Å². The van der Waals surface area contributed by atoms with E-state index in [1.165, 1.54) is 0 Å². The molecule has 1 N–H and O–H groups in total. The topological polar surface area (TPSA) is 38.7 Å². The van der Waals surface area contributed by atoms with E-state index in [0.29, 0.717) is 12.0 Å². The highest BCUT2D eigenvalue weighted by Gasteiger charge is 2.53. The fourth-order valence-corrected chi connectivity index (χ4v) is 2.26. The van der Waals surface area contributed by atoms with Gasteiger partial charge in [0.1, 0.15) is 11.5 Å². The molecule has 0 saturated carbocycles. The maximum atomic E-state index is 14.8. The lowest BCUT2D eigenvalue weighted by atomic mass is 9.82. The largest absolute Gasteiger partial charge is 0.525 e. The van der Waals surface area contributed by atoms with Gasteiger partial charge in [-0.2, -0.15) is 0 Å². The van der Waals surface area contributed by atoms with Gasteiger partial charge in [-0.3, -0.25) is 0 Å². The molecule has 0 radical (unpaired) electrons. The summed E-state index contributed by atoms with van der Waals surface area (Å²) in [4.78, 5) is 0. The van der Waals surface area contributed by atoms with E-state index in [0.717, 1.165) is 5.56 Å². The van der Waals surface area contributed by atoms with Gasteiger partial charge >= 0.3 is 7.12 Å². The summed E-state index contributed by atoms with van der Waals surface area (Å²) in [5, 5.41) is 9.34. The van der Waals surface area contributed by atoms with E-state index in [-0.39, 0.29) is 5.75 Å². The van der Waals surface area contributed by atoms with Crippen LogP contribution in [0.3, 0.4) is 0 Å². The van der Waals surface area contributed by atoms with Crippen molar-refractivity contribution in [3.8, 4) is 5.75 Å². The first-order valence-corrected chi connectivity index (χ1v) is 7.21. The molecule has 1 aliphatic heterocycles. The van der Waals surface area contributed by atoms with Crippen LogP contribution in [0.2, 0.25) is 0 Å². The Balaban J connectivity index is 2.35. The number of rotatable bonds is 3. The quantitative estimate of drug-likeness (QED) is 0.852. The highest BCUT2D eigenvalue weighted by molar-refractivity contribution is 6.55. The van der Waals surface area contributed by atoms with Gasteiger partial charge in [0.15, 0.2) is 0 Å². The number of aromatic hydroxyl groups is 1. The number of benzene rings is 1. The molecule has 0 spiro atoms. The second kappa shape index (κ2) is 5.46. The fourth-order valence-electron chi connectivity index (χ4n) is 2.26. The molecule has 21 heavy (non-hydrogen) atoms. The number of hydrogen-bond acceptors (Lipinski definition) is 3. The predicted octanol–water partition coefficient (Wildman–Crippen LogP) is 4.11.